The summed E-state index contributed by atoms with van der Waals surface area (Å²) in [4.78, 5) is 29.8. The molecule has 2 amide bonds. The minimum Gasteiger partial charge on any atom is -0.354 e. The van der Waals surface area contributed by atoms with Crippen LogP contribution in [0.1, 0.15) is 36.5 Å². The first-order valence-electron chi connectivity index (χ1n) is 14.8. The highest BCUT2D eigenvalue weighted by Gasteiger charge is 2.34. The van der Waals surface area contributed by atoms with Gasteiger partial charge in [0.15, 0.2) is 0 Å². The van der Waals surface area contributed by atoms with E-state index in [2.05, 4.69) is 21.2 Å². The van der Waals surface area contributed by atoms with Gasteiger partial charge < -0.3 is 10.2 Å². The van der Waals surface area contributed by atoms with E-state index in [0.29, 0.717) is 27.3 Å². The Morgan fingerprint density at radius 1 is 0.889 bits per heavy atom. The van der Waals surface area contributed by atoms with Crippen LogP contribution in [0.3, 0.4) is 0 Å². The minimum absolute atomic E-state index is 0.0506. The first kappa shape index (κ1) is 34.2. The number of carbonyl (C=O) groups excluding carboxylic acids is 2. The normalized spacial score (nSPS) is 11.9. The average molecular weight is 711 g/mol. The second-order valence-corrected chi connectivity index (χ2v) is 14.0. The van der Waals surface area contributed by atoms with E-state index in [4.69, 9.17) is 11.6 Å². The molecule has 0 spiro atoms. The zero-order valence-corrected chi connectivity index (χ0v) is 28.5. The quantitative estimate of drug-likeness (QED) is 0.141. The monoisotopic (exact) mass is 709 g/mol. The molecule has 0 unspecified atom stereocenters. The predicted molar refractivity (Wildman–Crippen MR) is 184 cm³/mol. The summed E-state index contributed by atoms with van der Waals surface area (Å²) >= 11 is 9.74. The summed E-state index contributed by atoms with van der Waals surface area (Å²) in [6.07, 6.45) is 1.93. The highest BCUT2D eigenvalue weighted by atomic mass is 79.9. The van der Waals surface area contributed by atoms with Gasteiger partial charge in [-0.25, -0.2) is 8.42 Å². The molecule has 4 aromatic carbocycles. The highest BCUT2D eigenvalue weighted by molar-refractivity contribution is 9.10. The SMILES string of the molecule is CCCCNC(=O)[C@@H](Cc1ccccc1)N(Cc1cccc(Cl)c1)C(=O)CN(c1cccc(Br)c1)S(=O)(=O)c1ccc(C)cc1. The molecule has 4 aromatic rings. The average Bonchev–Trinajstić information content (AvgIpc) is 3.02. The molecule has 0 aliphatic heterocycles. The molecule has 4 rings (SSSR count). The molecule has 236 valence electrons. The first-order valence-corrected chi connectivity index (χ1v) is 17.4. The third-order valence-electron chi connectivity index (χ3n) is 7.33. The summed E-state index contributed by atoms with van der Waals surface area (Å²) in [5, 5.41) is 3.48. The van der Waals surface area contributed by atoms with Crippen molar-refractivity contribution in [2.75, 3.05) is 17.4 Å². The van der Waals surface area contributed by atoms with E-state index >= 15 is 0 Å². The Morgan fingerprint density at radius 2 is 1.58 bits per heavy atom. The molecule has 45 heavy (non-hydrogen) atoms. The molecule has 0 aromatic heterocycles. The molecular weight excluding hydrogens is 674 g/mol. The number of rotatable bonds is 14. The smallest absolute Gasteiger partial charge is 0.264 e. The Balaban J connectivity index is 1.79. The Morgan fingerprint density at radius 3 is 2.24 bits per heavy atom. The second-order valence-electron chi connectivity index (χ2n) is 10.8. The van der Waals surface area contributed by atoms with Crippen molar-refractivity contribution < 1.29 is 18.0 Å². The number of benzene rings is 4. The third-order valence-corrected chi connectivity index (χ3v) is 9.84. The van der Waals surface area contributed by atoms with Crippen LogP contribution in [0.25, 0.3) is 0 Å². The number of amides is 2. The summed E-state index contributed by atoms with van der Waals surface area (Å²) in [5.74, 6) is -0.838. The van der Waals surface area contributed by atoms with Gasteiger partial charge in [0, 0.05) is 29.0 Å². The molecule has 0 radical (unpaired) electrons. The molecule has 0 bridgehead atoms. The number of carbonyl (C=O) groups is 2. The summed E-state index contributed by atoms with van der Waals surface area (Å²) in [6.45, 7) is 3.90. The van der Waals surface area contributed by atoms with Gasteiger partial charge in [0.05, 0.1) is 10.6 Å². The van der Waals surface area contributed by atoms with Crippen LogP contribution in [0, 0.1) is 6.92 Å². The van der Waals surface area contributed by atoms with E-state index in [0.717, 1.165) is 28.3 Å². The first-order chi connectivity index (χ1) is 21.6. The summed E-state index contributed by atoms with van der Waals surface area (Å²) < 4.78 is 30.0. The third kappa shape index (κ3) is 9.42. The van der Waals surface area contributed by atoms with Crippen molar-refractivity contribution in [2.45, 2.75) is 50.6 Å². The Labute approximate surface area is 279 Å². The van der Waals surface area contributed by atoms with Gasteiger partial charge in [-0.1, -0.05) is 107 Å². The van der Waals surface area contributed by atoms with Crippen molar-refractivity contribution in [3.63, 3.8) is 0 Å². The van der Waals surface area contributed by atoms with Gasteiger partial charge >= 0.3 is 0 Å². The maximum absolute atomic E-state index is 14.5. The second kappa shape index (κ2) is 16.1. The molecule has 10 heteroatoms. The summed E-state index contributed by atoms with van der Waals surface area (Å²) in [7, 11) is -4.17. The minimum atomic E-state index is -4.17. The Bertz CT molecular complexity index is 1700. The fourth-order valence-corrected chi connectivity index (χ4v) is 6.90. The highest BCUT2D eigenvalue weighted by Crippen LogP contribution is 2.28. The van der Waals surface area contributed by atoms with Crippen LogP contribution in [-0.4, -0.2) is 44.3 Å². The van der Waals surface area contributed by atoms with Gasteiger partial charge in [0.25, 0.3) is 10.0 Å². The molecule has 0 aliphatic rings. The van der Waals surface area contributed by atoms with Crippen LogP contribution in [0.4, 0.5) is 5.69 Å². The summed E-state index contributed by atoms with van der Waals surface area (Å²) in [6, 6.07) is 28.9. The van der Waals surface area contributed by atoms with E-state index in [-0.39, 0.29) is 23.8 Å². The number of anilines is 1. The van der Waals surface area contributed by atoms with E-state index in [9.17, 15) is 18.0 Å². The number of hydrogen-bond acceptors (Lipinski definition) is 4. The van der Waals surface area contributed by atoms with Crippen molar-refractivity contribution in [1.82, 2.24) is 10.2 Å². The molecule has 0 heterocycles. The lowest BCUT2D eigenvalue weighted by Gasteiger charge is -2.34. The van der Waals surface area contributed by atoms with Crippen LogP contribution in [0.5, 0.6) is 0 Å². The zero-order valence-electron chi connectivity index (χ0n) is 25.3. The van der Waals surface area contributed by atoms with E-state index < -0.39 is 28.5 Å². The van der Waals surface area contributed by atoms with E-state index in [1.807, 2.05) is 50.2 Å². The molecular formula is C35H37BrClN3O4S. The van der Waals surface area contributed by atoms with Gasteiger partial charge in [0.2, 0.25) is 11.8 Å². The molecule has 0 saturated heterocycles. The molecule has 0 fully saturated rings. The standard InChI is InChI=1S/C35H37BrClN3O4S/c1-3-4-20-38-35(42)33(22-27-10-6-5-7-11-27)39(24-28-12-8-14-30(37)21-28)34(41)25-40(31-15-9-13-29(36)23-31)45(43,44)32-18-16-26(2)17-19-32/h5-19,21,23,33H,3-4,20,22,24-25H2,1-2H3,(H,38,42)/t33-/m1/s1. The fourth-order valence-electron chi connectivity index (χ4n) is 4.89. The van der Waals surface area contributed by atoms with Crippen molar-refractivity contribution in [3.8, 4) is 0 Å². The van der Waals surface area contributed by atoms with Crippen LogP contribution < -0.4 is 9.62 Å². The molecule has 7 nitrogen and oxygen atoms in total. The van der Waals surface area contributed by atoms with Crippen molar-refractivity contribution in [3.05, 3.63) is 129 Å². The van der Waals surface area contributed by atoms with Gasteiger partial charge in [-0.3, -0.25) is 13.9 Å². The van der Waals surface area contributed by atoms with Crippen molar-refractivity contribution in [1.29, 1.82) is 0 Å². The molecule has 1 N–H and O–H groups in total. The lowest BCUT2D eigenvalue weighted by molar-refractivity contribution is -0.140. The van der Waals surface area contributed by atoms with Gasteiger partial charge in [-0.2, -0.15) is 0 Å². The maximum atomic E-state index is 14.5. The Kier molecular flexibility index (Phi) is 12.2. The van der Waals surface area contributed by atoms with Gasteiger partial charge in [-0.15, -0.1) is 0 Å². The number of halogens is 2. The number of unbranched alkanes of at least 4 members (excludes halogenated alkanes) is 1. The van der Waals surface area contributed by atoms with Crippen LogP contribution in [0.2, 0.25) is 5.02 Å². The topological polar surface area (TPSA) is 86.8 Å². The van der Waals surface area contributed by atoms with Crippen molar-refractivity contribution >= 4 is 55.1 Å². The van der Waals surface area contributed by atoms with Gasteiger partial charge in [0.1, 0.15) is 12.6 Å². The Hall–Kier alpha value is -3.66. The predicted octanol–water partition coefficient (Wildman–Crippen LogP) is 7.16. The molecule has 0 aliphatic carbocycles. The largest absolute Gasteiger partial charge is 0.354 e. The fraction of sp³-hybridized carbons (Fsp3) is 0.257. The lowest BCUT2D eigenvalue weighted by atomic mass is 10.0. The number of nitrogens with one attached hydrogen (secondary N) is 1. The number of hydrogen-bond donors (Lipinski definition) is 1. The molecule has 0 saturated carbocycles. The van der Waals surface area contributed by atoms with E-state index in [1.165, 1.54) is 17.0 Å². The van der Waals surface area contributed by atoms with Crippen LogP contribution in [-0.2, 0) is 32.6 Å². The number of aryl methyl sites for hydroxylation is 1. The van der Waals surface area contributed by atoms with E-state index in [1.54, 1.807) is 54.6 Å². The zero-order chi connectivity index (χ0) is 32.4. The van der Waals surface area contributed by atoms with Crippen molar-refractivity contribution in [2.24, 2.45) is 0 Å². The maximum Gasteiger partial charge on any atom is 0.264 e. The van der Waals surface area contributed by atoms with Crippen LogP contribution in [0.15, 0.2) is 112 Å². The lowest BCUT2D eigenvalue weighted by Crippen LogP contribution is -2.53. The van der Waals surface area contributed by atoms with Crippen LogP contribution >= 0.6 is 27.5 Å². The van der Waals surface area contributed by atoms with Gasteiger partial charge in [-0.05, 0) is 66.9 Å². The summed E-state index contributed by atoms with van der Waals surface area (Å²) in [5.41, 5.74) is 2.80. The number of nitrogens with zero attached hydrogens (tertiary/aromatic N) is 2. The molecule has 1 atom stereocenters. The number of sulfonamides is 1.